The van der Waals surface area contributed by atoms with Crippen molar-refractivity contribution < 1.29 is 28.6 Å². The number of benzene rings is 2. The van der Waals surface area contributed by atoms with E-state index in [2.05, 4.69) is 5.32 Å². The van der Waals surface area contributed by atoms with Gasteiger partial charge in [0.05, 0.1) is 0 Å². The number of anilines is 1. The summed E-state index contributed by atoms with van der Waals surface area (Å²) in [5, 5.41) is 13.0. The van der Waals surface area contributed by atoms with Crippen LogP contribution in [-0.2, 0) is 16.1 Å². The largest absolute Gasteiger partial charge is 0.410 e. The Bertz CT molecular complexity index is 966. The Morgan fingerprint density at radius 2 is 2.07 bits per heavy atom. The standard InChI is InChI=1S/C19H17ClFN3O5/c20-13-6-11(7-14(21)9-13)10-23-18(27)29-19(28)4-5-24(17(19)26)15-3-1-2-12(8-15)16(22)25/h1-3,6-9,28H,4-5,10H2,(H2,22,25)(H,23,27). The molecule has 1 fully saturated rings. The van der Waals surface area contributed by atoms with Gasteiger partial charge in [0.1, 0.15) is 5.82 Å². The SMILES string of the molecule is NC(=O)c1cccc(N2CCC(O)(OC(=O)NCc3cc(F)cc(Cl)c3)C2=O)c1. The summed E-state index contributed by atoms with van der Waals surface area (Å²) >= 11 is 5.75. The Morgan fingerprint density at radius 3 is 2.76 bits per heavy atom. The summed E-state index contributed by atoms with van der Waals surface area (Å²) in [6.07, 6.45) is -1.24. The molecule has 3 rings (SSSR count). The average Bonchev–Trinajstić information content (AvgIpc) is 2.94. The van der Waals surface area contributed by atoms with Gasteiger partial charge in [-0.2, -0.15) is 0 Å². The van der Waals surface area contributed by atoms with Crippen LogP contribution in [0, 0.1) is 5.82 Å². The molecule has 0 spiro atoms. The second-order valence-electron chi connectivity index (χ2n) is 6.43. The highest BCUT2D eigenvalue weighted by molar-refractivity contribution is 6.30. The molecule has 0 radical (unpaired) electrons. The third-order valence-electron chi connectivity index (χ3n) is 4.32. The Labute approximate surface area is 170 Å². The van der Waals surface area contributed by atoms with Gasteiger partial charge >= 0.3 is 6.09 Å². The fourth-order valence-corrected chi connectivity index (χ4v) is 3.17. The minimum Gasteiger partial charge on any atom is -0.407 e. The van der Waals surface area contributed by atoms with Crippen molar-refractivity contribution in [2.24, 2.45) is 5.73 Å². The number of nitrogens with zero attached hydrogens (tertiary/aromatic N) is 1. The van der Waals surface area contributed by atoms with Gasteiger partial charge in [-0.25, -0.2) is 9.18 Å². The van der Waals surface area contributed by atoms with E-state index in [0.717, 1.165) is 6.07 Å². The lowest BCUT2D eigenvalue weighted by molar-refractivity contribution is -0.175. The van der Waals surface area contributed by atoms with Crippen molar-refractivity contribution in [1.82, 2.24) is 5.32 Å². The number of primary amides is 1. The molecular formula is C19H17ClFN3O5. The molecule has 1 atom stereocenters. The molecule has 0 aliphatic carbocycles. The molecule has 0 bridgehead atoms. The molecule has 1 heterocycles. The highest BCUT2D eigenvalue weighted by Crippen LogP contribution is 2.30. The van der Waals surface area contributed by atoms with Gasteiger partial charge in [0.15, 0.2) is 0 Å². The minimum atomic E-state index is -2.37. The molecule has 152 valence electrons. The number of aliphatic hydroxyl groups is 1. The van der Waals surface area contributed by atoms with Gasteiger partial charge in [0, 0.05) is 35.8 Å². The fraction of sp³-hybridized carbons (Fsp3) is 0.211. The summed E-state index contributed by atoms with van der Waals surface area (Å²) in [6, 6.07) is 9.73. The number of alkyl carbamates (subject to hydrolysis) is 1. The molecule has 10 heteroatoms. The zero-order chi connectivity index (χ0) is 21.2. The fourth-order valence-electron chi connectivity index (χ4n) is 2.93. The Kier molecular flexibility index (Phi) is 5.71. The average molecular weight is 422 g/mol. The van der Waals surface area contributed by atoms with Gasteiger partial charge in [-0.05, 0) is 42.0 Å². The molecule has 1 aliphatic rings. The van der Waals surface area contributed by atoms with Crippen LogP contribution >= 0.6 is 11.6 Å². The molecular weight excluding hydrogens is 405 g/mol. The van der Waals surface area contributed by atoms with Crippen LogP contribution in [0.1, 0.15) is 22.3 Å². The van der Waals surface area contributed by atoms with Gasteiger partial charge in [-0.3, -0.25) is 9.59 Å². The van der Waals surface area contributed by atoms with Crippen molar-refractivity contribution >= 4 is 35.2 Å². The van der Waals surface area contributed by atoms with E-state index in [9.17, 15) is 23.9 Å². The van der Waals surface area contributed by atoms with Crippen LogP contribution in [0.4, 0.5) is 14.9 Å². The maximum Gasteiger partial charge on any atom is 0.410 e. The summed E-state index contributed by atoms with van der Waals surface area (Å²) in [4.78, 5) is 37.1. The maximum absolute atomic E-state index is 13.3. The van der Waals surface area contributed by atoms with Crippen LogP contribution in [0.5, 0.6) is 0 Å². The normalized spacial score (nSPS) is 18.6. The van der Waals surface area contributed by atoms with Crippen molar-refractivity contribution in [3.05, 3.63) is 64.4 Å². The summed E-state index contributed by atoms with van der Waals surface area (Å²) in [6.45, 7) is -0.0602. The quantitative estimate of drug-likeness (QED) is 0.637. The second-order valence-corrected chi connectivity index (χ2v) is 6.86. The van der Waals surface area contributed by atoms with E-state index in [1.54, 1.807) is 6.07 Å². The zero-order valence-electron chi connectivity index (χ0n) is 15.0. The van der Waals surface area contributed by atoms with Gasteiger partial charge in [0.25, 0.3) is 11.7 Å². The Hall–Kier alpha value is -3.17. The third kappa shape index (κ3) is 4.64. The van der Waals surface area contributed by atoms with Crippen molar-refractivity contribution in [3.63, 3.8) is 0 Å². The smallest absolute Gasteiger partial charge is 0.407 e. The number of ether oxygens (including phenoxy) is 1. The van der Waals surface area contributed by atoms with Crippen LogP contribution in [-0.4, -0.2) is 35.3 Å². The first-order chi connectivity index (χ1) is 13.7. The van der Waals surface area contributed by atoms with Crippen LogP contribution in [0.25, 0.3) is 0 Å². The summed E-state index contributed by atoms with van der Waals surface area (Å²) in [5.74, 6) is -4.46. The number of carbonyl (C=O) groups is 3. The lowest BCUT2D eigenvalue weighted by atomic mass is 10.2. The third-order valence-corrected chi connectivity index (χ3v) is 4.53. The molecule has 29 heavy (non-hydrogen) atoms. The molecule has 2 aromatic rings. The van der Waals surface area contributed by atoms with E-state index in [1.165, 1.54) is 35.2 Å². The van der Waals surface area contributed by atoms with E-state index in [1.807, 2.05) is 0 Å². The van der Waals surface area contributed by atoms with E-state index >= 15 is 0 Å². The first-order valence-corrected chi connectivity index (χ1v) is 8.92. The minimum absolute atomic E-state index is 0.0599. The monoisotopic (exact) mass is 421 g/mol. The second kappa shape index (κ2) is 8.06. The molecule has 1 unspecified atom stereocenters. The van der Waals surface area contributed by atoms with Crippen molar-refractivity contribution in [2.45, 2.75) is 18.8 Å². The van der Waals surface area contributed by atoms with Gasteiger partial charge in [0.2, 0.25) is 5.91 Å². The predicted molar refractivity (Wildman–Crippen MR) is 102 cm³/mol. The highest BCUT2D eigenvalue weighted by atomic mass is 35.5. The van der Waals surface area contributed by atoms with Crippen LogP contribution < -0.4 is 16.0 Å². The summed E-state index contributed by atoms with van der Waals surface area (Å²) in [7, 11) is 0. The molecule has 2 aromatic carbocycles. The first kappa shape index (κ1) is 20.6. The van der Waals surface area contributed by atoms with Crippen molar-refractivity contribution in [2.75, 3.05) is 11.4 Å². The number of nitrogens with two attached hydrogens (primary N) is 1. The zero-order valence-corrected chi connectivity index (χ0v) is 15.8. The molecule has 1 saturated heterocycles. The molecule has 4 N–H and O–H groups in total. The predicted octanol–water partition coefficient (Wildman–Crippen LogP) is 1.93. The number of hydrogen-bond acceptors (Lipinski definition) is 5. The molecule has 0 aromatic heterocycles. The lowest BCUT2D eigenvalue weighted by Crippen LogP contribution is -2.46. The number of hydrogen-bond donors (Lipinski definition) is 3. The molecule has 0 saturated carbocycles. The van der Waals surface area contributed by atoms with Crippen molar-refractivity contribution in [3.8, 4) is 0 Å². The van der Waals surface area contributed by atoms with Crippen LogP contribution in [0.3, 0.4) is 0 Å². The van der Waals surface area contributed by atoms with Gasteiger partial charge in [-0.1, -0.05) is 17.7 Å². The highest BCUT2D eigenvalue weighted by Gasteiger charge is 2.49. The van der Waals surface area contributed by atoms with Gasteiger partial charge < -0.3 is 25.8 Å². The lowest BCUT2D eigenvalue weighted by Gasteiger charge is -2.22. The summed E-state index contributed by atoms with van der Waals surface area (Å²) in [5.41, 5.74) is 6.14. The van der Waals surface area contributed by atoms with E-state index in [0.29, 0.717) is 11.3 Å². The number of carbonyl (C=O) groups excluding carboxylic acids is 3. The molecule has 8 nitrogen and oxygen atoms in total. The van der Waals surface area contributed by atoms with Crippen LogP contribution in [0.15, 0.2) is 42.5 Å². The summed E-state index contributed by atoms with van der Waals surface area (Å²) < 4.78 is 18.2. The Morgan fingerprint density at radius 1 is 1.31 bits per heavy atom. The number of halogens is 2. The van der Waals surface area contributed by atoms with Crippen molar-refractivity contribution in [1.29, 1.82) is 0 Å². The van der Waals surface area contributed by atoms with Gasteiger partial charge in [-0.15, -0.1) is 0 Å². The van der Waals surface area contributed by atoms with E-state index < -0.39 is 29.5 Å². The Balaban J connectivity index is 1.65. The number of nitrogens with one attached hydrogen (secondary N) is 1. The number of amides is 3. The van der Waals surface area contributed by atoms with E-state index in [-0.39, 0.29) is 30.1 Å². The number of rotatable bonds is 5. The molecule has 1 aliphatic heterocycles. The molecule has 3 amide bonds. The first-order valence-electron chi connectivity index (χ1n) is 8.54. The maximum atomic E-state index is 13.3. The van der Waals surface area contributed by atoms with Crippen LogP contribution in [0.2, 0.25) is 5.02 Å². The topological polar surface area (TPSA) is 122 Å². The van der Waals surface area contributed by atoms with E-state index in [4.69, 9.17) is 22.1 Å².